The third kappa shape index (κ3) is 2.43. The second kappa shape index (κ2) is 4.92. The van der Waals surface area contributed by atoms with Gasteiger partial charge in [0.1, 0.15) is 6.10 Å². The predicted molar refractivity (Wildman–Crippen MR) is 51.3 cm³/mol. The van der Waals surface area contributed by atoms with Gasteiger partial charge in [-0.25, -0.2) is 5.84 Å². The predicted octanol–water partition coefficient (Wildman–Crippen LogP) is 1.09. The third-order valence-electron chi connectivity index (χ3n) is 1.77. The number of anilines is 1. The first-order valence-electron chi connectivity index (χ1n) is 4.60. The van der Waals surface area contributed by atoms with Crippen molar-refractivity contribution in [2.45, 2.75) is 26.9 Å². The fraction of sp³-hybridized carbons (Fsp3) is 0.750. The van der Waals surface area contributed by atoms with Crippen LogP contribution in [0.4, 0.5) is 6.01 Å². The Bertz CT molecular complexity index is 274. The van der Waals surface area contributed by atoms with Crippen molar-refractivity contribution in [3.63, 3.8) is 0 Å². The molecule has 80 valence electrons. The lowest BCUT2D eigenvalue weighted by atomic mass is 10.1. The van der Waals surface area contributed by atoms with Gasteiger partial charge in [0, 0.05) is 6.61 Å². The standard InChI is InChI=1S/C8H16N4O2/c1-4-13-6(5(2)3)7-10-8(11-9)14-12-7/h5-6H,4,9H2,1-3H3,(H,10,11,12). The molecular weight excluding hydrogens is 184 g/mol. The number of aromatic nitrogens is 2. The van der Waals surface area contributed by atoms with E-state index in [4.69, 9.17) is 15.1 Å². The summed E-state index contributed by atoms with van der Waals surface area (Å²) in [5.74, 6) is 5.94. The van der Waals surface area contributed by atoms with Crippen LogP contribution in [0.5, 0.6) is 0 Å². The average Bonchev–Trinajstić information content (AvgIpc) is 2.61. The Hall–Kier alpha value is -1.14. The van der Waals surface area contributed by atoms with E-state index in [-0.39, 0.29) is 18.0 Å². The maximum atomic E-state index is 5.49. The van der Waals surface area contributed by atoms with E-state index in [0.717, 1.165) is 0 Å². The van der Waals surface area contributed by atoms with Gasteiger partial charge < -0.3 is 9.26 Å². The first kappa shape index (κ1) is 10.9. The molecular formula is C8H16N4O2. The molecule has 0 aromatic carbocycles. The van der Waals surface area contributed by atoms with Crippen LogP contribution in [0.25, 0.3) is 0 Å². The Kier molecular flexibility index (Phi) is 3.84. The van der Waals surface area contributed by atoms with Gasteiger partial charge in [-0.05, 0) is 12.8 Å². The Morgan fingerprint density at radius 3 is 2.71 bits per heavy atom. The number of hydrogen-bond donors (Lipinski definition) is 2. The van der Waals surface area contributed by atoms with E-state index in [1.807, 2.05) is 20.8 Å². The zero-order chi connectivity index (χ0) is 10.6. The number of hydrazine groups is 1. The smallest absolute Gasteiger partial charge is 0.335 e. The van der Waals surface area contributed by atoms with Gasteiger partial charge in [-0.2, -0.15) is 4.98 Å². The molecule has 0 saturated heterocycles. The zero-order valence-corrected chi connectivity index (χ0v) is 8.65. The van der Waals surface area contributed by atoms with Crippen LogP contribution in [0.15, 0.2) is 4.52 Å². The second-order valence-electron chi connectivity index (χ2n) is 3.22. The molecule has 0 saturated carbocycles. The summed E-state index contributed by atoms with van der Waals surface area (Å²) in [4.78, 5) is 4.03. The lowest BCUT2D eigenvalue weighted by molar-refractivity contribution is 0.0217. The normalized spacial score (nSPS) is 13.2. The summed E-state index contributed by atoms with van der Waals surface area (Å²) in [6, 6.07) is 0.199. The Balaban J connectivity index is 2.76. The van der Waals surface area contributed by atoms with Crippen LogP contribution in [0.3, 0.4) is 0 Å². The van der Waals surface area contributed by atoms with E-state index in [1.165, 1.54) is 0 Å². The summed E-state index contributed by atoms with van der Waals surface area (Å²) in [5.41, 5.74) is 2.29. The molecule has 1 heterocycles. The van der Waals surface area contributed by atoms with Crippen molar-refractivity contribution in [2.75, 3.05) is 12.0 Å². The summed E-state index contributed by atoms with van der Waals surface area (Å²) < 4.78 is 10.3. The maximum Gasteiger partial charge on any atom is 0.335 e. The minimum absolute atomic E-state index is 0.147. The van der Waals surface area contributed by atoms with Crippen molar-refractivity contribution >= 4 is 6.01 Å². The molecule has 1 rings (SSSR count). The molecule has 0 spiro atoms. The van der Waals surface area contributed by atoms with E-state index in [0.29, 0.717) is 12.4 Å². The quantitative estimate of drug-likeness (QED) is 0.546. The van der Waals surface area contributed by atoms with Gasteiger partial charge in [-0.15, -0.1) is 0 Å². The van der Waals surface area contributed by atoms with E-state index in [9.17, 15) is 0 Å². The van der Waals surface area contributed by atoms with Crippen LogP contribution in [-0.4, -0.2) is 16.7 Å². The molecule has 1 aromatic heterocycles. The van der Waals surface area contributed by atoms with Gasteiger partial charge in [0.2, 0.25) is 5.82 Å². The SMILES string of the molecule is CCOC(c1noc(NN)n1)C(C)C. The van der Waals surface area contributed by atoms with Gasteiger partial charge in [0.15, 0.2) is 0 Å². The van der Waals surface area contributed by atoms with Crippen LogP contribution in [-0.2, 0) is 4.74 Å². The average molecular weight is 200 g/mol. The van der Waals surface area contributed by atoms with E-state index in [1.54, 1.807) is 0 Å². The molecule has 3 N–H and O–H groups in total. The van der Waals surface area contributed by atoms with Crippen molar-refractivity contribution in [2.24, 2.45) is 11.8 Å². The number of nitrogen functional groups attached to an aromatic ring is 1. The van der Waals surface area contributed by atoms with E-state index >= 15 is 0 Å². The molecule has 6 heteroatoms. The van der Waals surface area contributed by atoms with Crippen molar-refractivity contribution in [1.82, 2.24) is 10.1 Å². The number of rotatable bonds is 5. The minimum atomic E-state index is -0.147. The summed E-state index contributed by atoms with van der Waals surface area (Å²) in [6.45, 7) is 6.61. The molecule has 0 aliphatic carbocycles. The summed E-state index contributed by atoms with van der Waals surface area (Å²) >= 11 is 0. The topological polar surface area (TPSA) is 86.2 Å². The molecule has 6 nitrogen and oxygen atoms in total. The van der Waals surface area contributed by atoms with E-state index in [2.05, 4.69) is 15.6 Å². The molecule has 1 unspecified atom stereocenters. The van der Waals surface area contributed by atoms with Crippen molar-refractivity contribution in [3.8, 4) is 0 Å². The highest BCUT2D eigenvalue weighted by Crippen LogP contribution is 2.23. The minimum Gasteiger partial charge on any atom is -0.370 e. The lowest BCUT2D eigenvalue weighted by Crippen LogP contribution is -2.13. The summed E-state index contributed by atoms with van der Waals surface area (Å²) in [5, 5.41) is 3.77. The lowest BCUT2D eigenvalue weighted by Gasteiger charge is -2.16. The first-order valence-corrected chi connectivity index (χ1v) is 4.60. The number of nitrogens with two attached hydrogens (primary N) is 1. The molecule has 1 aromatic rings. The molecule has 0 radical (unpaired) electrons. The fourth-order valence-electron chi connectivity index (χ4n) is 1.15. The largest absolute Gasteiger partial charge is 0.370 e. The first-order chi connectivity index (χ1) is 6.69. The monoisotopic (exact) mass is 200 g/mol. The molecule has 0 aliphatic rings. The highest BCUT2D eigenvalue weighted by Gasteiger charge is 2.21. The molecule has 14 heavy (non-hydrogen) atoms. The molecule has 0 fully saturated rings. The van der Waals surface area contributed by atoms with Gasteiger partial charge >= 0.3 is 6.01 Å². The number of nitrogens with zero attached hydrogens (tertiary/aromatic N) is 2. The van der Waals surface area contributed by atoms with E-state index < -0.39 is 0 Å². The maximum absolute atomic E-state index is 5.49. The molecule has 1 atom stereocenters. The van der Waals surface area contributed by atoms with Crippen LogP contribution in [0.2, 0.25) is 0 Å². The van der Waals surface area contributed by atoms with Crippen molar-refractivity contribution in [1.29, 1.82) is 0 Å². The van der Waals surface area contributed by atoms with Crippen LogP contribution in [0.1, 0.15) is 32.7 Å². The van der Waals surface area contributed by atoms with Crippen LogP contribution < -0.4 is 11.3 Å². The molecule has 0 aliphatic heterocycles. The fourth-order valence-corrected chi connectivity index (χ4v) is 1.15. The summed E-state index contributed by atoms with van der Waals surface area (Å²) in [7, 11) is 0. The summed E-state index contributed by atoms with van der Waals surface area (Å²) in [6.07, 6.45) is -0.147. The highest BCUT2D eigenvalue weighted by atomic mass is 16.5. The van der Waals surface area contributed by atoms with Gasteiger partial charge in [0.25, 0.3) is 0 Å². The molecule has 0 amide bonds. The van der Waals surface area contributed by atoms with Crippen molar-refractivity contribution in [3.05, 3.63) is 5.82 Å². The van der Waals surface area contributed by atoms with Gasteiger partial charge in [0.05, 0.1) is 0 Å². The third-order valence-corrected chi connectivity index (χ3v) is 1.77. The Morgan fingerprint density at radius 1 is 1.57 bits per heavy atom. The number of nitrogens with one attached hydrogen (secondary N) is 1. The Labute approximate surface area is 82.8 Å². The van der Waals surface area contributed by atoms with Crippen LogP contribution >= 0.6 is 0 Å². The van der Waals surface area contributed by atoms with Gasteiger partial charge in [-0.3, -0.25) is 5.43 Å². The number of hydrogen-bond acceptors (Lipinski definition) is 6. The van der Waals surface area contributed by atoms with Gasteiger partial charge in [-0.1, -0.05) is 19.0 Å². The Morgan fingerprint density at radius 2 is 2.29 bits per heavy atom. The highest BCUT2D eigenvalue weighted by molar-refractivity contribution is 5.15. The van der Waals surface area contributed by atoms with Crippen LogP contribution in [0, 0.1) is 5.92 Å². The van der Waals surface area contributed by atoms with Crippen molar-refractivity contribution < 1.29 is 9.26 Å². The zero-order valence-electron chi connectivity index (χ0n) is 8.65. The second-order valence-corrected chi connectivity index (χ2v) is 3.22. The molecule has 0 bridgehead atoms. The number of ether oxygens (including phenoxy) is 1.